The number of nitrogens with zero attached hydrogens (tertiary/aromatic N) is 2. The average molecular weight is 444 g/mol. The molecule has 1 saturated heterocycles. The lowest BCUT2D eigenvalue weighted by molar-refractivity contribution is -0.127. The van der Waals surface area contributed by atoms with Gasteiger partial charge >= 0.3 is 0 Å². The fraction of sp³-hybridized carbons (Fsp3) is 0.435. The Labute approximate surface area is 184 Å². The summed E-state index contributed by atoms with van der Waals surface area (Å²) < 4.78 is 32.3. The quantitative estimate of drug-likeness (QED) is 0.711. The SMILES string of the molecule is CCS(=O)(=O)N1C[C@@H](C(=O)NCc2cccc(CN3CCCC3)c2)Oc2ccccc21. The van der Waals surface area contributed by atoms with Gasteiger partial charge in [-0.1, -0.05) is 36.4 Å². The zero-order valence-corrected chi connectivity index (χ0v) is 18.6. The fourth-order valence-electron chi connectivity index (χ4n) is 4.10. The summed E-state index contributed by atoms with van der Waals surface area (Å²) in [5, 5.41) is 2.91. The molecule has 2 aliphatic heterocycles. The minimum absolute atomic E-state index is 0.0337. The molecule has 0 unspecified atom stereocenters. The third-order valence-corrected chi connectivity index (χ3v) is 7.54. The lowest BCUT2D eigenvalue weighted by Gasteiger charge is -2.34. The zero-order chi connectivity index (χ0) is 21.8. The molecule has 2 heterocycles. The molecule has 0 aromatic heterocycles. The minimum atomic E-state index is -3.52. The number of sulfonamides is 1. The van der Waals surface area contributed by atoms with Crippen molar-refractivity contribution in [1.29, 1.82) is 0 Å². The van der Waals surface area contributed by atoms with Crippen LogP contribution in [0.2, 0.25) is 0 Å². The number of carbonyl (C=O) groups is 1. The summed E-state index contributed by atoms with van der Waals surface area (Å²) in [5.41, 5.74) is 2.72. The lowest BCUT2D eigenvalue weighted by Crippen LogP contribution is -2.50. The van der Waals surface area contributed by atoms with E-state index in [-0.39, 0.29) is 18.2 Å². The third-order valence-electron chi connectivity index (χ3n) is 5.79. The van der Waals surface area contributed by atoms with Gasteiger partial charge in [0.15, 0.2) is 6.10 Å². The molecule has 0 radical (unpaired) electrons. The first-order valence-electron chi connectivity index (χ1n) is 10.8. The number of likely N-dealkylation sites (tertiary alicyclic amines) is 1. The Hall–Kier alpha value is -2.58. The van der Waals surface area contributed by atoms with Gasteiger partial charge in [-0.2, -0.15) is 0 Å². The fourth-order valence-corrected chi connectivity index (χ4v) is 5.22. The van der Waals surface area contributed by atoms with Crippen molar-refractivity contribution < 1.29 is 17.9 Å². The molecule has 2 aliphatic rings. The summed E-state index contributed by atoms with van der Waals surface area (Å²) in [6.45, 7) is 5.13. The average Bonchev–Trinajstić information content (AvgIpc) is 3.30. The molecule has 0 saturated carbocycles. The van der Waals surface area contributed by atoms with E-state index in [0.29, 0.717) is 18.0 Å². The number of anilines is 1. The first-order chi connectivity index (χ1) is 15.0. The van der Waals surface area contributed by atoms with Crippen molar-refractivity contribution in [3.05, 3.63) is 59.7 Å². The maximum atomic E-state index is 12.8. The van der Waals surface area contributed by atoms with E-state index in [1.807, 2.05) is 12.1 Å². The van der Waals surface area contributed by atoms with E-state index >= 15 is 0 Å². The van der Waals surface area contributed by atoms with Crippen molar-refractivity contribution in [2.45, 2.75) is 39.0 Å². The predicted molar refractivity (Wildman–Crippen MR) is 120 cm³/mol. The molecule has 1 fully saturated rings. The number of para-hydroxylation sites is 2. The first-order valence-corrected chi connectivity index (χ1v) is 12.4. The number of fused-ring (bicyclic) bond motifs is 1. The Morgan fingerprint density at radius 2 is 1.84 bits per heavy atom. The molecule has 31 heavy (non-hydrogen) atoms. The standard InChI is InChI=1S/C23H29N3O4S/c1-2-31(28,29)26-17-22(30-21-11-4-3-10-20(21)26)23(27)24-15-18-8-7-9-19(14-18)16-25-12-5-6-13-25/h3-4,7-11,14,22H,2,5-6,12-13,15-17H2,1H3,(H,24,27)/t22-/m0/s1. The van der Waals surface area contributed by atoms with E-state index in [0.717, 1.165) is 25.2 Å². The van der Waals surface area contributed by atoms with Gasteiger partial charge in [0.1, 0.15) is 5.75 Å². The molecule has 1 N–H and O–H groups in total. The second kappa shape index (κ2) is 9.28. The van der Waals surface area contributed by atoms with Gasteiger partial charge in [-0.25, -0.2) is 8.42 Å². The van der Waals surface area contributed by atoms with Crippen molar-refractivity contribution in [1.82, 2.24) is 10.2 Å². The van der Waals surface area contributed by atoms with E-state index in [2.05, 4.69) is 22.3 Å². The highest BCUT2D eigenvalue weighted by Crippen LogP contribution is 2.35. The van der Waals surface area contributed by atoms with Crippen LogP contribution in [0.4, 0.5) is 5.69 Å². The molecule has 8 heteroatoms. The highest BCUT2D eigenvalue weighted by Gasteiger charge is 2.35. The van der Waals surface area contributed by atoms with Crippen molar-refractivity contribution in [2.24, 2.45) is 0 Å². The number of hydrogen-bond acceptors (Lipinski definition) is 5. The molecule has 0 aliphatic carbocycles. The molecule has 1 amide bonds. The molecule has 7 nitrogen and oxygen atoms in total. The summed E-state index contributed by atoms with van der Waals surface area (Å²) >= 11 is 0. The lowest BCUT2D eigenvalue weighted by atomic mass is 10.1. The van der Waals surface area contributed by atoms with Crippen LogP contribution in [-0.4, -0.2) is 50.7 Å². The van der Waals surface area contributed by atoms with Crippen LogP contribution >= 0.6 is 0 Å². The van der Waals surface area contributed by atoms with Crippen LogP contribution in [-0.2, 0) is 27.9 Å². The molecular weight excluding hydrogens is 414 g/mol. The monoisotopic (exact) mass is 443 g/mol. The second-order valence-electron chi connectivity index (χ2n) is 8.03. The number of nitrogens with one attached hydrogen (secondary N) is 1. The van der Waals surface area contributed by atoms with Gasteiger partial charge in [0.05, 0.1) is 18.0 Å². The maximum Gasteiger partial charge on any atom is 0.263 e. The summed E-state index contributed by atoms with van der Waals surface area (Å²) in [6, 6.07) is 15.1. The molecule has 0 spiro atoms. The van der Waals surface area contributed by atoms with Crippen LogP contribution in [0.1, 0.15) is 30.9 Å². The highest BCUT2D eigenvalue weighted by molar-refractivity contribution is 7.92. The van der Waals surface area contributed by atoms with Crippen molar-refractivity contribution in [3.8, 4) is 5.75 Å². The number of amides is 1. The summed E-state index contributed by atoms with van der Waals surface area (Å²) in [6.07, 6.45) is 1.61. The molecule has 0 bridgehead atoms. The summed E-state index contributed by atoms with van der Waals surface area (Å²) in [4.78, 5) is 15.3. The van der Waals surface area contributed by atoms with Crippen molar-refractivity contribution in [2.75, 3.05) is 29.7 Å². The largest absolute Gasteiger partial charge is 0.476 e. The molecule has 2 aromatic rings. The zero-order valence-electron chi connectivity index (χ0n) is 17.8. The molecule has 1 atom stereocenters. The van der Waals surface area contributed by atoms with Gasteiger partial charge in [-0.3, -0.25) is 14.0 Å². The molecule has 166 valence electrons. The Morgan fingerprint density at radius 3 is 2.61 bits per heavy atom. The van der Waals surface area contributed by atoms with Gasteiger partial charge in [-0.15, -0.1) is 0 Å². The van der Waals surface area contributed by atoms with Gasteiger partial charge < -0.3 is 10.1 Å². The van der Waals surface area contributed by atoms with Gasteiger partial charge in [0, 0.05) is 13.1 Å². The third kappa shape index (κ3) is 5.02. The van der Waals surface area contributed by atoms with E-state index in [4.69, 9.17) is 4.74 Å². The predicted octanol–water partition coefficient (Wildman–Crippen LogP) is 2.52. The summed E-state index contributed by atoms with van der Waals surface area (Å²) in [5.74, 6) is 0.0359. The summed E-state index contributed by atoms with van der Waals surface area (Å²) in [7, 11) is -3.52. The second-order valence-corrected chi connectivity index (χ2v) is 10.2. The van der Waals surface area contributed by atoms with Crippen molar-refractivity contribution >= 4 is 21.6 Å². The van der Waals surface area contributed by atoms with E-state index in [9.17, 15) is 13.2 Å². The number of carbonyl (C=O) groups excluding carboxylic acids is 1. The number of rotatable bonds is 7. The molecule has 2 aromatic carbocycles. The van der Waals surface area contributed by atoms with Gasteiger partial charge in [0.2, 0.25) is 10.0 Å². The normalized spacial score (nSPS) is 19.0. The number of hydrogen-bond donors (Lipinski definition) is 1. The van der Waals surface area contributed by atoms with Gasteiger partial charge in [-0.05, 0) is 56.1 Å². The van der Waals surface area contributed by atoms with Crippen LogP contribution in [0, 0.1) is 0 Å². The van der Waals surface area contributed by atoms with E-state index in [1.54, 1.807) is 31.2 Å². The van der Waals surface area contributed by atoms with Gasteiger partial charge in [0.25, 0.3) is 5.91 Å². The Kier molecular flexibility index (Phi) is 6.48. The molecular formula is C23H29N3O4S. The van der Waals surface area contributed by atoms with E-state index < -0.39 is 16.1 Å². The smallest absolute Gasteiger partial charge is 0.263 e. The van der Waals surface area contributed by atoms with Crippen molar-refractivity contribution in [3.63, 3.8) is 0 Å². The van der Waals surface area contributed by atoms with Crippen LogP contribution in [0.3, 0.4) is 0 Å². The topological polar surface area (TPSA) is 79.0 Å². The molecule has 4 rings (SSSR count). The van der Waals surface area contributed by atoms with Crippen LogP contribution in [0.15, 0.2) is 48.5 Å². The Bertz CT molecular complexity index is 1030. The highest BCUT2D eigenvalue weighted by atomic mass is 32.2. The van der Waals surface area contributed by atoms with Crippen LogP contribution in [0.5, 0.6) is 5.75 Å². The van der Waals surface area contributed by atoms with E-state index in [1.165, 1.54) is 22.7 Å². The minimum Gasteiger partial charge on any atom is -0.476 e. The Morgan fingerprint density at radius 1 is 1.10 bits per heavy atom. The van der Waals surface area contributed by atoms with Crippen LogP contribution < -0.4 is 14.4 Å². The maximum absolute atomic E-state index is 12.8. The first kappa shape index (κ1) is 21.6. The Balaban J connectivity index is 1.42. The number of ether oxygens (including phenoxy) is 1. The van der Waals surface area contributed by atoms with Crippen LogP contribution in [0.25, 0.3) is 0 Å². The number of benzene rings is 2.